The number of hydrogen-bond donors (Lipinski definition) is 4. The molecule has 0 aromatic rings. The molecule has 0 aromatic heterocycles. The maximum Gasteiger partial charge on any atom is 0.340 e. The Kier molecular flexibility index (Phi) is 2.19. The predicted molar refractivity (Wildman–Crippen MR) is 34.3 cm³/mol. The quantitative estimate of drug-likeness (QED) is 0.158. The summed E-state index contributed by atoms with van der Waals surface area (Å²) >= 11 is 0. The molecule has 0 heterocycles. The fraction of sp³-hybridized carbons (Fsp3) is 0. The molecule has 0 unspecified atom stereocenters. The van der Waals surface area contributed by atoms with E-state index in [0.717, 1.165) is 0 Å². The van der Waals surface area contributed by atoms with Gasteiger partial charge in [0, 0.05) is 0 Å². The zero-order valence-corrected chi connectivity index (χ0v) is 5.00. The molecule has 0 aliphatic rings. The van der Waals surface area contributed by atoms with Crippen LogP contribution in [0, 0.1) is 15.5 Å². The van der Waals surface area contributed by atoms with Gasteiger partial charge in [0.15, 0.2) is 5.70 Å². The number of nitrogens with one attached hydrogen (secondary N) is 1. The first-order valence-corrected chi connectivity index (χ1v) is 2.20. The van der Waals surface area contributed by atoms with Crippen LogP contribution in [0.4, 0.5) is 0 Å². The van der Waals surface area contributed by atoms with Gasteiger partial charge in [-0.15, -0.1) is 0 Å². The number of hydrogen-bond acceptors (Lipinski definition) is 5. The molecule has 0 saturated carbocycles. The molecular formula is C3H7N5O2. The van der Waals surface area contributed by atoms with E-state index in [9.17, 15) is 10.1 Å². The van der Waals surface area contributed by atoms with E-state index in [1.54, 1.807) is 0 Å². The Morgan fingerprint density at radius 2 is 1.80 bits per heavy atom. The predicted octanol–water partition coefficient (Wildman–Crippen LogP) is -1.71. The van der Waals surface area contributed by atoms with E-state index >= 15 is 0 Å². The lowest BCUT2D eigenvalue weighted by atomic mass is 10.4. The maximum atomic E-state index is 9.84. The van der Waals surface area contributed by atoms with Gasteiger partial charge in [0.2, 0.25) is 0 Å². The SMILES string of the molecule is N=C(N)C(N)=C(N)[N+](=O)[O-]. The van der Waals surface area contributed by atoms with E-state index in [-0.39, 0.29) is 0 Å². The minimum Gasteiger partial charge on any atom is -0.389 e. The van der Waals surface area contributed by atoms with Gasteiger partial charge in [-0.3, -0.25) is 11.1 Å². The third-order valence-corrected chi connectivity index (χ3v) is 0.763. The Morgan fingerprint density at radius 3 is 1.90 bits per heavy atom. The first-order chi connectivity index (χ1) is 4.46. The van der Waals surface area contributed by atoms with Crippen molar-refractivity contribution in [3.05, 3.63) is 21.6 Å². The third kappa shape index (κ3) is 1.62. The average Bonchev–Trinajstić information content (AvgIpc) is 1.84. The first-order valence-electron chi connectivity index (χ1n) is 2.20. The fourth-order valence-electron chi connectivity index (χ4n) is 0.236. The Bertz CT molecular complexity index is 185. The second kappa shape index (κ2) is 2.67. The summed E-state index contributed by atoms with van der Waals surface area (Å²) in [7, 11) is 0. The molecule has 0 atom stereocenters. The van der Waals surface area contributed by atoms with Gasteiger partial charge in [-0.1, -0.05) is 0 Å². The molecule has 7 heteroatoms. The van der Waals surface area contributed by atoms with Crippen molar-refractivity contribution in [2.45, 2.75) is 0 Å². The minimum absolute atomic E-state index is 0.509. The highest BCUT2D eigenvalue weighted by Crippen LogP contribution is 1.89. The van der Waals surface area contributed by atoms with Gasteiger partial charge in [0.05, 0.1) is 0 Å². The zero-order chi connectivity index (χ0) is 8.31. The molecule has 7 N–H and O–H groups in total. The lowest BCUT2D eigenvalue weighted by molar-refractivity contribution is -0.427. The van der Waals surface area contributed by atoms with Crippen molar-refractivity contribution in [3.63, 3.8) is 0 Å². The van der Waals surface area contributed by atoms with Crippen LogP contribution < -0.4 is 17.2 Å². The molecule has 0 aromatic carbocycles. The maximum absolute atomic E-state index is 9.84. The van der Waals surface area contributed by atoms with Crippen LogP contribution in [0.25, 0.3) is 0 Å². The number of nitrogens with two attached hydrogens (primary N) is 3. The van der Waals surface area contributed by atoms with Crippen molar-refractivity contribution in [3.8, 4) is 0 Å². The summed E-state index contributed by atoms with van der Waals surface area (Å²) in [6.07, 6.45) is 0. The van der Waals surface area contributed by atoms with E-state index in [1.807, 2.05) is 0 Å². The number of rotatable bonds is 2. The van der Waals surface area contributed by atoms with Crippen LogP contribution in [0.3, 0.4) is 0 Å². The number of amidine groups is 1. The largest absolute Gasteiger partial charge is 0.389 e. The molecule has 0 fully saturated rings. The Hall–Kier alpha value is -1.79. The summed E-state index contributed by atoms with van der Waals surface area (Å²) in [5, 5.41) is 16.5. The van der Waals surface area contributed by atoms with Crippen LogP contribution in [0.2, 0.25) is 0 Å². The van der Waals surface area contributed by atoms with E-state index in [0.29, 0.717) is 0 Å². The molecule has 0 spiro atoms. The van der Waals surface area contributed by atoms with Gasteiger partial charge in [-0.05, 0) is 4.92 Å². The van der Waals surface area contributed by atoms with E-state index in [2.05, 4.69) is 0 Å². The van der Waals surface area contributed by atoms with Gasteiger partial charge in [-0.2, -0.15) is 0 Å². The normalized spacial score (nSPS) is 12.0. The molecule has 0 radical (unpaired) electrons. The Labute approximate surface area is 56.1 Å². The van der Waals surface area contributed by atoms with E-state index < -0.39 is 22.3 Å². The van der Waals surface area contributed by atoms with Gasteiger partial charge in [0.1, 0.15) is 5.84 Å². The summed E-state index contributed by atoms with van der Waals surface area (Å²) in [6.45, 7) is 0. The second-order valence-electron chi connectivity index (χ2n) is 1.47. The van der Waals surface area contributed by atoms with Crippen molar-refractivity contribution in [1.82, 2.24) is 0 Å². The number of nitrogens with zero attached hydrogens (tertiary/aromatic N) is 1. The molecule has 0 aliphatic heterocycles. The Morgan fingerprint density at radius 1 is 1.40 bits per heavy atom. The van der Waals surface area contributed by atoms with Crippen LogP contribution in [-0.2, 0) is 0 Å². The number of nitro groups is 1. The van der Waals surface area contributed by atoms with Crippen LogP contribution in [-0.4, -0.2) is 10.8 Å². The van der Waals surface area contributed by atoms with E-state index in [4.69, 9.17) is 22.6 Å². The van der Waals surface area contributed by atoms with Crippen molar-refractivity contribution < 1.29 is 4.92 Å². The van der Waals surface area contributed by atoms with Crippen molar-refractivity contribution in [2.75, 3.05) is 0 Å². The topological polar surface area (TPSA) is 145 Å². The molecule has 7 nitrogen and oxygen atoms in total. The van der Waals surface area contributed by atoms with Crippen molar-refractivity contribution in [2.24, 2.45) is 17.2 Å². The van der Waals surface area contributed by atoms with Gasteiger partial charge >= 0.3 is 5.82 Å². The third-order valence-electron chi connectivity index (χ3n) is 0.763. The summed E-state index contributed by atoms with van der Waals surface area (Å²) < 4.78 is 0. The molecule has 10 heavy (non-hydrogen) atoms. The second-order valence-corrected chi connectivity index (χ2v) is 1.47. The highest BCUT2D eigenvalue weighted by molar-refractivity contribution is 5.93. The minimum atomic E-state index is -0.906. The smallest absolute Gasteiger partial charge is 0.340 e. The van der Waals surface area contributed by atoms with Crippen LogP contribution >= 0.6 is 0 Å². The summed E-state index contributed by atoms with van der Waals surface area (Å²) in [6, 6.07) is 0. The zero-order valence-electron chi connectivity index (χ0n) is 5.00. The van der Waals surface area contributed by atoms with Crippen LogP contribution in [0.5, 0.6) is 0 Å². The molecule has 0 saturated heterocycles. The standard InChI is InChI=1S/C3H7N5O2/c4-1(2(5)6)3(7)8(9)10/h4,7H2,(H3,5,6). The summed E-state index contributed by atoms with van der Waals surface area (Å²) in [5.41, 5.74) is 14.0. The molecule has 0 aliphatic carbocycles. The van der Waals surface area contributed by atoms with Crippen molar-refractivity contribution in [1.29, 1.82) is 5.41 Å². The molecule has 0 amide bonds. The fourth-order valence-corrected chi connectivity index (χ4v) is 0.236. The molecule has 0 rings (SSSR count). The van der Waals surface area contributed by atoms with Gasteiger partial charge in [-0.25, -0.2) is 0 Å². The van der Waals surface area contributed by atoms with Gasteiger partial charge < -0.3 is 21.6 Å². The monoisotopic (exact) mass is 145 g/mol. The van der Waals surface area contributed by atoms with Gasteiger partial charge in [0.25, 0.3) is 0 Å². The first kappa shape index (κ1) is 8.21. The van der Waals surface area contributed by atoms with Crippen molar-refractivity contribution >= 4 is 5.84 Å². The lowest BCUT2D eigenvalue weighted by Gasteiger charge is -1.97. The van der Waals surface area contributed by atoms with Crippen LogP contribution in [0.15, 0.2) is 11.5 Å². The molecule has 56 valence electrons. The highest BCUT2D eigenvalue weighted by Gasteiger charge is 2.09. The molecule has 0 bridgehead atoms. The molecular weight excluding hydrogens is 138 g/mol. The van der Waals surface area contributed by atoms with E-state index in [1.165, 1.54) is 0 Å². The Balaban J connectivity index is 4.67. The average molecular weight is 145 g/mol. The van der Waals surface area contributed by atoms with Crippen LogP contribution in [0.1, 0.15) is 0 Å². The summed E-state index contributed by atoms with van der Waals surface area (Å²) in [4.78, 5) is 8.93. The highest BCUT2D eigenvalue weighted by atomic mass is 16.6. The summed E-state index contributed by atoms with van der Waals surface area (Å²) in [5.74, 6) is -1.40. The lowest BCUT2D eigenvalue weighted by Crippen LogP contribution is -2.27.